The van der Waals surface area contributed by atoms with E-state index < -0.39 is 27.5 Å². The summed E-state index contributed by atoms with van der Waals surface area (Å²) in [5, 5.41) is 10.7. The van der Waals surface area contributed by atoms with Gasteiger partial charge in [0.2, 0.25) is 0 Å². The maximum atomic E-state index is 12.8. The van der Waals surface area contributed by atoms with E-state index in [2.05, 4.69) is 4.74 Å². The third-order valence-corrected chi connectivity index (χ3v) is 4.97. The summed E-state index contributed by atoms with van der Waals surface area (Å²) < 4.78 is 31.0. The van der Waals surface area contributed by atoms with Crippen LogP contribution in [0.3, 0.4) is 0 Å². The lowest BCUT2D eigenvalue weighted by Gasteiger charge is -2.23. The van der Waals surface area contributed by atoms with Crippen LogP contribution < -0.4 is 4.31 Å². The number of esters is 1. The van der Waals surface area contributed by atoms with E-state index in [1.807, 2.05) is 0 Å². The van der Waals surface area contributed by atoms with Gasteiger partial charge in [-0.15, -0.1) is 0 Å². The van der Waals surface area contributed by atoms with E-state index in [9.17, 15) is 23.3 Å². The summed E-state index contributed by atoms with van der Waals surface area (Å²) in [6.45, 7) is -0.550. The third kappa shape index (κ3) is 3.69. The fraction of sp³-hybridized carbons (Fsp3) is 0.133. The number of ether oxygens (including phenoxy) is 1. The van der Waals surface area contributed by atoms with Crippen LogP contribution in [0, 0.1) is 10.1 Å². The molecule has 0 unspecified atom stereocenters. The normalized spacial score (nSPS) is 10.9. The largest absolute Gasteiger partial charge is 0.468 e. The smallest absolute Gasteiger partial charge is 0.326 e. The van der Waals surface area contributed by atoms with Gasteiger partial charge in [0.25, 0.3) is 15.7 Å². The number of sulfonamides is 1. The molecule has 0 radical (unpaired) electrons. The molecular weight excluding hydrogens is 336 g/mol. The van der Waals surface area contributed by atoms with Crippen LogP contribution in [0.5, 0.6) is 0 Å². The van der Waals surface area contributed by atoms with Gasteiger partial charge in [0.05, 0.1) is 22.6 Å². The maximum absolute atomic E-state index is 12.8. The lowest BCUT2D eigenvalue weighted by molar-refractivity contribution is -0.384. The van der Waals surface area contributed by atoms with Gasteiger partial charge in [-0.05, 0) is 24.3 Å². The number of nitrogens with zero attached hydrogens (tertiary/aromatic N) is 2. The summed E-state index contributed by atoms with van der Waals surface area (Å²) in [6, 6.07) is 12.4. The molecule has 2 rings (SSSR count). The number of rotatable bonds is 6. The number of hydrogen-bond acceptors (Lipinski definition) is 6. The van der Waals surface area contributed by atoms with E-state index in [0.29, 0.717) is 0 Å². The van der Waals surface area contributed by atoms with Crippen molar-refractivity contribution in [2.75, 3.05) is 18.0 Å². The maximum Gasteiger partial charge on any atom is 0.326 e. The number of carbonyl (C=O) groups is 1. The lowest BCUT2D eigenvalue weighted by atomic mass is 10.3. The number of non-ortho nitro benzene ring substituents is 1. The Morgan fingerprint density at radius 3 is 2.21 bits per heavy atom. The molecule has 0 bridgehead atoms. The quantitative estimate of drug-likeness (QED) is 0.448. The number of benzene rings is 2. The highest BCUT2D eigenvalue weighted by atomic mass is 32.2. The second-order valence-corrected chi connectivity index (χ2v) is 6.54. The number of hydrogen-bond donors (Lipinski definition) is 0. The van der Waals surface area contributed by atoms with Crippen LogP contribution in [0.25, 0.3) is 0 Å². The highest BCUT2D eigenvalue weighted by Gasteiger charge is 2.27. The fourth-order valence-corrected chi connectivity index (χ4v) is 3.39. The van der Waals surface area contributed by atoms with Gasteiger partial charge < -0.3 is 4.74 Å². The second kappa shape index (κ2) is 7.09. The molecule has 2 aromatic carbocycles. The SMILES string of the molecule is COC(=O)CN(c1ccc([N+](=O)[O-])cc1)S(=O)(=O)c1ccccc1. The van der Waals surface area contributed by atoms with Gasteiger partial charge in [0.1, 0.15) is 6.54 Å². The minimum Gasteiger partial charge on any atom is -0.468 e. The van der Waals surface area contributed by atoms with Gasteiger partial charge in [-0.2, -0.15) is 0 Å². The predicted molar refractivity (Wildman–Crippen MR) is 86.1 cm³/mol. The second-order valence-electron chi connectivity index (χ2n) is 4.67. The summed E-state index contributed by atoms with van der Waals surface area (Å²) in [7, 11) is -2.89. The Bertz CT molecular complexity index is 834. The van der Waals surface area contributed by atoms with Crippen LogP contribution in [0.2, 0.25) is 0 Å². The molecule has 0 atom stereocenters. The van der Waals surface area contributed by atoms with Crippen molar-refractivity contribution in [1.29, 1.82) is 0 Å². The number of methoxy groups -OCH3 is 1. The molecule has 0 saturated carbocycles. The van der Waals surface area contributed by atoms with Gasteiger partial charge in [0.15, 0.2) is 0 Å². The van der Waals surface area contributed by atoms with E-state index in [0.717, 1.165) is 11.4 Å². The molecule has 0 spiro atoms. The summed E-state index contributed by atoms with van der Waals surface area (Å²) in [5.74, 6) is -0.757. The minimum atomic E-state index is -4.03. The van der Waals surface area contributed by atoms with Crippen molar-refractivity contribution in [3.05, 3.63) is 64.7 Å². The summed E-state index contributed by atoms with van der Waals surface area (Å²) in [4.78, 5) is 21.7. The summed E-state index contributed by atoms with van der Waals surface area (Å²) in [5.41, 5.74) is -0.0660. The molecule has 126 valence electrons. The van der Waals surface area contributed by atoms with Crippen LogP contribution in [-0.2, 0) is 19.6 Å². The van der Waals surface area contributed by atoms with Gasteiger partial charge in [0, 0.05) is 12.1 Å². The van der Waals surface area contributed by atoms with E-state index in [-0.39, 0.29) is 16.3 Å². The number of anilines is 1. The van der Waals surface area contributed by atoms with Crippen molar-refractivity contribution in [2.45, 2.75) is 4.90 Å². The Kier molecular flexibility index (Phi) is 5.14. The highest BCUT2D eigenvalue weighted by Crippen LogP contribution is 2.25. The van der Waals surface area contributed by atoms with Crippen molar-refractivity contribution in [3.63, 3.8) is 0 Å². The molecule has 0 heterocycles. The first-order valence-corrected chi connectivity index (χ1v) is 8.19. The monoisotopic (exact) mass is 350 g/mol. The van der Waals surface area contributed by atoms with E-state index in [1.54, 1.807) is 18.2 Å². The standard InChI is InChI=1S/C15H14N2O6S/c1-23-15(18)11-16(12-7-9-13(10-8-12)17(19)20)24(21,22)14-5-3-2-4-6-14/h2-10H,11H2,1H3. The van der Waals surface area contributed by atoms with Gasteiger partial charge in [-0.1, -0.05) is 18.2 Å². The Morgan fingerprint density at radius 2 is 1.71 bits per heavy atom. The highest BCUT2D eigenvalue weighted by molar-refractivity contribution is 7.92. The Balaban J connectivity index is 2.48. The molecule has 2 aromatic rings. The first-order chi connectivity index (χ1) is 11.4. The van der Waals surface area contributed by atoms with Gasteiger partial charge >= 0.3 is 5.97 Å². The average Bonchev–Trinajstić information content (AvgIpc) is 2.60. The summed E-state index contributed by atoms with van der Waals surface area (Å²) in [6.07, 6.45) is 0. The van der Waals surface area contributed by atoms with Crippen LogP contribution in [0.15, 0.2) is 59.5 Å². The Hall–Kier alpha value is -2.94. The molecule has 0 aliphatic heterocycles. The van der Waals surface area contributed by atoms with Crippen LogP contribution in [-0.4, -0.2) is 33.0 Å². The minimum absolute atomic E-state index is 0.00717. The topological polar surface area (TPSA) is 107 Å². The fourth-order valence-electron chi connectivity index (χ4n) is 1.96. The van der Waals surface area contributed by atoms with Gasteiger partial charge in [-0.25, -0.2) is 8.42 Å². The van der Waals surface area contributed by atoms with E-state index >= 15 is 0 Å². The molecule has 0 aliphatic rings. The van der Waals surface area contributed by atoms with E-state index in [4.69, 9.17) is 0 Å². The Labute approximate surface area is 138 Å². The first kappa shape index (κ1) is 17.4. The molecular formula is C15H14N2O6S. The van der Waals surface area contributed by atoms with E-state index in [1.165, 1.54) is 36.4 Å². The van der Waals surface area contributed by atoms with Crippen molar-refractivity contribution in [2.24, 2.45) is 0 Å². The first-order valence-electron chi connectivity index (χ1n) is 6.75. The van der Waals surface area contributed by atoms with Crippen LogP contribution >= 0.6 is 0 Å². The van der Waals surface area contributed by atoms with Crippen molar-refractivity contribution in [1.82, 2.24) is 0 Å². The zero-order valence-electron chi connectivity index (χ0n) is 12.7. The lowest BCUT2D eigenvalue weighted by Crippen LogP contribution is -2.36. The van der Waals surface area contributed by atoms with Gasteiger partial charge in [-0.3, -0.25) is 19.2 Å². The van der Waals surface area contributed by atoms with Crippen molar-refractivity contribution >= 4 is 27.4 Å². The number of nitro groups is 1. The molecule has 0 amide bonds. The Morgan fingerprint density at radius 1 is 1.12 bits per heavy atom. The van der Waals surface area contributed by atoms with Crippen molar-refractivity contribution < 1.29 is 22.9 Å². The van der Waals surface area contributed by atoms with Crippen LogP contribution in [0.1, 0.15) is 0 Å². The number of carbonyl (C=O) groups excluding carboxylic acids is 1. The molecule has 8 nitrogen and oxygen atoms in total. The molecule has 0 fully saturated rings. The molecule has 0 N–H and O–H groups in total. The molecule has 0 saturated heterocycles. The zero-order valence-corrected chi connectivity index (χ0v) is 13.5. The third-order valence-electron chi connectivity index (χ3n) is 3.18. The predicted octanol–water partition coefficient (Wildman–Crippen LogP) is 1.96. The van der Waals surface area contributed by atoms with Crippen molar-refractivity contribution in [3.8, 4) is 0 Å². The molecule has 9 heteroatoms. The summed E-state index contributed by atoms with van der Waals surface area (Å²) >= 11 is 0. The molecule has 0 aromatic heterocycles. The zero-order chi connectivity index (χ0) is 17.7. The molecule has 24 heavy (non-hydrogen) atoms. The molecule has 0 aliphatic carbocycles. The average molecular weight is 350 g/mol. The van der Waals surface area contributed by atoms with Crippen LogP contribution in [0.4, 0.5) is 11.4 Å². The number of nitro benzene ring substituents is 1.